The number of rotatable bonds is 5. The summed E-state index contributed by atoms with van der Waals surface area (Å²) < 4.78 is 34.0. The molecule has 0 radical (unpaired) electrons. The molecule has 0 saturated heterocycles. The van der Waals surface area contributed by atoms with E-state index in [1.165, 1.54) is 12.5 Å². The summed E-state index contributed by atoms with van der Waals surface area (Å²) in [6, 6.07) is 10.2. The normalized spacial score (nSPS) is 11.4. The highest BCUT2D eigenvalue weighted by atomic mass is 32.2. The Morgan fingerprint density at radius 1 is 1.08 bits per heavy atom. The lowest BCUT2D eigenvalue weighted by atomic mass is 10.2. The van der Waals surface area contributed by atoms with E-state index >= 15 is 0 Å². The van der Waals surface area contributed by atoms with E-state index < -0.39 is 9.84 Å². The lowest BCUT2D eigenvalue weighted by Gasteiger charge is -2.06. The second-order valence-electron chi connectivity index (χ2n) is 5.34. The summed E-state index contributed by atoms with van der Waals surface area (Å²) in [4.78, 5) is 8.76. The lowest BCUT2D eigenvalue weighted by molar-refractivity contribution is 0.257. The van der Waals surface area contributed by atoms with Crippen molar-refractivity contribution in [3.63, 3.8) is 0 Å². The first-order valence-electron chi connectivity index (χ1n) is 7.22. The van der Waals surface area contributed by atoms with Crippen molar-refractivity contribution in [1.29, 1.82) is 0 Å². The molecule has 6 nitrogen and oxygen atoms in total. The van der Waals surface area contributed by atoms with Gasteiger partial charge in [-0.2, -0.15) is 0 Å². The first-order chi connectivity index (χ1) is 11.4. The van der Waals surface area contributed by atoms with E-state index in [9.17, 15) is 8.42 Å². The van der Waals surface area contributed by atoms with Crippen LogP contribution in [-0.2, 0) is 16.4 Å². The number of hydrogen-bond acceptors (Lipinski definition) is 6. The van der Waals surface area contributed by atoms with Crippen LogP contribution in [0.2, 0.25) is 0 Å². The Morgan fingerprint density at radius 2 is 1.83 bits per heavy atom. The smallest absolute Gasteiger partial charge is 0.233 e. The summed E-state index contributed by atoms with van der Waals surface area (Å²) in [5.74, 6) is 1.89. The number of ether oxygens (including phenoxy) is 1. The van der Waals surface area contributed by atoms with Crippen LogP contribution in [0.5, 0.6) is 5.88 Å². The van der Waals surface area contributed by atoms with Gasteiger partial charge in [-0.3, -0.25) is 4.98 Å². The first kappa shape index (κ1) is 16.2. The summed E-state index contributed by atoms with van der Waals surface area (Å²) in [5.41, 5.74) is 1.36. The minimum Gasteiger partial charge on any atom is -0.468 e. The number of aromatic nitrogens is 2. The maximum Gasteiger partial charge on any atom is 0.233 e. The summed E-state index contributed by atoms with van der Waals surface area (Å²) in [6.45, 7) is 2.13. The fraction of sp³-hybridized carbons (Fsp3) is 0.176. The molecular weight excluding hydrogens is 328 g/mol. The second-order valence-corrected chi connectivity index (χ2v) is 7.36. The third kappa shape index (κ3) is 3.80. The minimum absolute atomic E-state index is 0.263. The number of furan rings is 1. The molecule has 3 rings (SSSR count). The van der Waals surface area contributed by atoms with E-state index in [2.05, 4.69) is 9.97 Å². The molecule has 7 heteroatoms. The van der Waals surface area contributed by atoms with Crippen LogP contribution in [0.1, 0.15) is 11.5 Å². The molecule has 3 aromatic rings. The predicted octanol–water partition coefficient (Wildman–Crippen LogP) is 3.03. The van der Waals surface area contributed by atoms with Crippen LogP contribution in [0.4, 0.5) is 0 Å². The van der Waals surface area contributed by atoms with Gasteiger partial charge < -0.3 is 9.15 Å². The van der Waals surface area contributed by atoms with Gasteiger partial charge in [0.2, 0.25) is 5.88 Å². The first-order valence-corrected chi connectivity index (χ1v) is 9.11. The number of benzene rings is 1. The van der Waals surface area contributed by atoms with Crippen LogP contribution in [0.25, 0.3) is 11.3 Å². The molecule has 24 heavy (non-hydrogen) atoms. The molecular formula is C17H16N2O4S. The Morgan fingerprint density at radius 3 is 2.46 bits per heavy atom. The van der Waals surface area contributed by atoms with Crippen molar-refractivity contribution in [2.24, 2.45) is 0 Å². The molecule has 0 saturated carbocycles. The van der Waals surface area contributed by atoms with Crippen molar-refractivity contribution in [3.05, 3.63) is 60.3 Å². The van der Waals surface area contributed by atoms with Gasteiger partial charge in [0, 0.05) is 11.8 Å². The van der Waals surface area contributed by atoms with E-state index in [1.807, 2.05) is 19.1 Å². The van der Waals surface area contributed by atoms with Crippen LogP contribution in [0.3, 0.4) is 0 Å². The molecule has 0 unspecified atom stereocenters. The number of nitrogens with zero attached hydrogens (tertiary/aromatic N) is 2. The predicted molar refractivity (Wildman–Crippen MR) is 88.4 cm³/mol. The van der Waals surface area contributed by atoms with Gasteiger partial charge in [-0.05, 0) is 31.2 Å². The van der Waals surface area contributed by atoms with Crippen LogP contribution >= 0.6 is 0 Å². The van der Waals surface area contributed by atoms with Gasteiger partial charge in [0.15, 0.2) is 9.84 Å². The average Bonchev–Trinajstić information content (AvgIpc) is 2.98. The quantitative estimate of drug-likeness (QED) is 0.707. The zero-order valence-electron chi connectivity index (χ0n) is 13.3. The van der Waals surface area contributed by atoms with Crippen LogP contribution < -0.4 is 4.74 Å². The van der Waals surface area contributed by atoms with Gasteiger partial charge in [0.1, 0.15) is 18.1 Å². The van der Waals surface area contributed by atoms with E-state index in [4.69, 9.17) is 9.15 Å². The Kier molecular flexibility index (Phi) is 4.35. The van der Waals surface area contributed by atoms with Crippen LogP contribution in [0, 0.1) is 6.92 Å². The summed E-state index contributed by atoms with van der Waals surface area (Å²) in [5, 5.41) is 0. The van der Waals surface area contributed by atoms with Gasteiger partial charge in [-0.15, -0.1) is 0 Å². The zero-order valence-corrected chi connectivity index (χ0v) is 14.1. The van der Waals surface area contributed by atoms with E-state index in [0.29, 0.717) is 17.3 Å². The van der Waals surface area contributed by atoms with Crippen molar-refractivity contribution in [2.75, 3.05) is 6.26 Å². The topological polar surface area (TPSA) is 82.3 Å². The maximum atomic E-state index is 11.5. The van der Waals surface area contributed by atoms with Gasteiger partial charge in [0.05, 0.1) is 23.0 Å². The molecule has 0 bridgehead atoms. The molecule has 2 heterocycles. The highest BCUT2D eigenvalue weighted by molar-refractivity contribution is 7.90. The molecule has 0 N–H and O–H groups in total. The summed E-state index contributed by atoms with van der Waals surface area (Å²) in [7, 11) is -3.22. The third-order valence-electron chi connectivity index (χ3n) is 3.35. The van der Waals surface area contributed by atoms with Crippen molar-refractivity contribution in [3.8, 4) is 17.1 Å². The van der Waals surface area contributed by atoms with Crippen LogP contribution in [-0.4, -0.2) is 24.6 Å². The van der Waals surface area contributed by atoms with E-state index in [0.717, 1.165) is 11.3 Å². The van der Waals surface area contributed by atoms with Gasteiger partial charge in [-0.25, -0.2) is 13.4 Å². The SMILES string of the molecule is Cc1ccc(COc2cncc(-c3ccc(S(C)(=O)=O)cc3)n2)o1. The van der Waals surface area contributed by atoms with E-state index in [1.54, 1.807) is 30.5 Å². The lowest BCUT2D eigenvalue weighted by Crippen LogP contribution is -1.99. The Bertz CT molecular complexity index is 947. The van der Waals surface area contributed by atoms with Crippen LogP contribution in [0.15, 0.2) is 58.1 Å². The Hall–Kier alpha value is -2.67. The molecule has 0 aliphatic rings. The standard InChI is InChI=1S/C17H16N2O4S/c1-12-3-6-14(23-12)11-22-17-10-18-9-16(19-17)13-4-7-15(8-5-13)24(2,20)21/h3-10H,11H2,1-2H3. The Balaban J connectivity index is 1.77. The Labute approximate surface area is 140 Å². The molecule has 1 aromatic carbocycles. The highest BCUT2D eigenvalue weighted by Gasteiger charge is 2.09. The molecule has 0 fully saturated rings. The number of sulfone groups is 1. The molecule has 0 amide bonds. The maximum absolute atomic E-state index is 11.5. The highest BCUT2D eigenvalue weighted by Crippen LogP contribution is 2.21. The largest absolute Gasteiger partial charge is 0.468 e. The van der Waals surface area contributed by atoms with Gasteiger partial charge in [0.25, 0.3) is 0 Å². The van der Waals surface area contributed by atoms with Gasteiger partial charge in [-0.1, -0.05) is 12.1 Å². The monoisotopic (exact) mass is 344 g/mol. The van der Waals surface area contributed by atoms with Crippen molar-refractivity contribution >= 4 is 9.84 Å². The molecule has 124 valence electrons. The third-order valence-corrected chi connectivity index (χ3v) is 4.48. The molecule has 0 aliphatic carbocycles. The summed E-state index contributed by atoms with van der Waals surface area (Å²) in [6.07, 6.45) is 4.29. The fourth-order valence-electron chi connectivity index (χ4n) is 2.14. The van der Waals surface area contributed by atoms with Crippen molar-refractivity contribution in [1.82, 2.24) is 9.97 Å². The molecule has 2 aromatic heterocycles. The average molecular weight is 344 g/mol. The van der Waals surface area contributed by atoms with E-state index in [-0.39, 0.29) is 11.5 Å². The van der Waals surface area contributed by atoms with Crippen molar-refractivity contribution < 1.29 is 17.6 Å². The second kappa shape index (κ2) is 6.45. The summed E-state index contributed by atoms with van der Waals surface area (Å²) >= 11 is 0. The fourth-order valence-corrected chi connectivity index (χ4v) is 2.77. The molecule has 0 aliphatic heterocycles. The van der Waals surface area contributed by atoms with Gasteiger partial charge >= 0.3 is 0 Å². The molecule has 0 spiro atoms. The zero-order chi connectivity index (χ0) is 17.2. The molecule has 0 atom stereocenters. The number of hydrogen-bond donors (Lipinski definition) is 0. The van der Waals surface area contributed by atoms with Crippen molar-refractivity contribution in [2.45, 2.75) is 18.4 Å². The number of aryl methyl sites for hydroxylation is 1. The minimum atomic E-state index is -3.22.